The predicted molar refractivity (Wildman–Crippen MR) is 105 cm³/mol. The molecule has 6 nitrogen and oxygen atoms in total. The molecule has 0 atom stereocenters. The Labute approximate surface area is 170 Å². The lowest BCUT2D eigenvalue weighted by atomic mass is 9.95. The van der Waals surface area contributed by atoms with E-state index in [4.69, 9.17) is 5.73 Å². The maximum Gasteiger partial charge on any atom is 0.268 e. The van der Waals surface area contributed by atoms with E-state index in [-0.39, 0.29) is 36.5 Å². The molecule has 2 heterocycles. The van der Waals surface area contributed by atoms with Crippen molar-refractivity contribution in [2.75, 3.05) is 6.54 Å². The fourth-order valence-corrected chi connectivity index (χ4v) is 3.68. The minimum absolute atomic E-state index is 0.117. The Balaban J connectivity index is 1.78. The maximum atomic E-state index is 13.5. The second-order valence-corrected chi connectivity index (χ2v) is 7.01. The van der Waals surface area contributed by atoms with Crippen LogP contribution in [0.15, 0.2) is 59.5 Å². The number of nitrogens with two attached hydrogens (primary N) is 1. The van der Waals surface area contributed by atoms with Gasteiger partial charge in [-0.15, -0.1) is 0 Å². The van der Waals surface area contributed by atoms with Gasteiger partial charge in [-0.05, 0) is 60.0 Å². The number of fused-ring (bicyclic) bond motifs is 1. The van der Waals surface area contributed by atoms with E-state index in [9.17, 15) is 23.2 Å². The molecule has 1 aromatic heterocycles. The molecule has 8 heteroatoms. The van der Waals surface area contributed by atoms with E-state index in [0.29, 0.717) is 16.8 Å². The van der Waals surface area contributed by atoms with Crippen LogP contribution in [-0.2, 0) is 13.0 Å². The van der Waals surface area contributed by atoms with Gasteiger partial charge in [-0.25, -0.2) is 8.78 Å². The molecule has 30 heavy (non-hydrogen) atoms. The number of amides is 2. The van der Waals surface area contributed by atoms with Crippen molar-refractivity contribution in [1.29, 1.82) is 0 Å². The molecule has 152 valence electrons. The van der Waals surface area contributed by atoms with Crippen LogP contribution in [0.2, 0.25) is 0 Å². The lowest BCUT2D eigenvalue weighted by molar-refractivity contribution is 0.0733. The molecule has 0 bridgehead atoms. The highest BCUT2D eigenvalue weighted by Crippen LogP contribution is 2.23. The smallest absolute Gasteiger partial charge is 0.268 e. The first-order valence-electron chi connectivity index (χ1n) is 9.23. The van der Waals surface area contributed by atoms with Gasteiger partial charge >= 0.3 is 0 Å². The highest BCUT2D eigenvalue weighted by atomic mass is 19.1. The van der Waals surface area contributed by atoms with Gasteiger partial charge in [0.25, 0.3) is 17.4 Å². The number of hydrogen-bond donors (Lipinski definition) is 1. The van der Waals surface area contributed by atoms with Crippen LogP contribution >= 0.6 is 0 Å². The van der Waals surface area contributed by atoms with E-state index >= 15 is 0 Å². The lowest BCUT2D eigenvalue weighted by Crippen LogP contribution is -2.40. The van der Waals surface area contributed by atoms with Gasteiger partial charge in [0.05, 0.1) is 0 Å². The standard InChI is InChI=1S/C22H17F2N3O3/c23-15-4-6-17(7-5-15)27-12-14-11-26(21(29)13-2-1-3-16(24)10-13)9-8-18(14)19(20(25)28)22(27)30/h1-7,10,12H,8-9,11H2,(H2,25,28). The molecule has 4 rings (SSSR count). The molecule has 0 radical (unpaired) electrons. The molecule has 0 aliphatic carbocycles. The summed E-state index contributed by atoms with van der Waals surface area (Å²) in [6, 6.07) is 10.6. The number of rotatable bonds is 3. The summed E-state index contributed by atoms with van der Waals surface area (Å²) >= 11 is 0. The van der Waals surface area contributed by atoms with Crippen molar-refractivity contribution in [3.8, 4) is 5.69 Å². The zero-order valence-corrected chi connectivity index (χ0v) is 15.8. The van der Waals surface area contributed by atoms with E-state index in [1.807, 2.05) is 0 Å². The van der Waals surface area contributed by atoms with Crippen molar-refractivity contribution >= 4 is 11.8 Å². The van der Waals surface area contributed by atoms with Crippen molar-refractivity contribution in [2.24, 2.45) is 5.73 Å². The topological polar surface area (TPSA) is 85.4 Å². The molecule has 3 aromatic rings. The molecule has 0 unspecified atom stereocenters. The third kappa shape index (κ3) is 3.47. The predicted octanol–water partition coefficient (Wildman–Crippen LogP) is 2.41. The minimum atomic E-state index is -0.863. The van der Waals surface area contributed by atoms with Crippen molar-refractivity contribution in [3.63, 3.8) is 0 Å². The summed E-state index contributed by atoms with van der Waals surface area (Å²) in [7, 11) is 0. The zero-order chi connectivity index (χ0) is 21.4. The molecule has 2 amide bonds. The third-order valence-corrected chi connectivity index (χ3v) is 5.11. The number of benzene rings is 2. The van der Waals surface area contributed by atoms with E-state index in [2.05, 4.69) is 0 Å². The number of pyridine rings is 1. The van der Waals surface area contributed by atoms with Gasteiger partial charge in [0.15, 0.2) is 0 Å². The normalized spacial score (nSPS) is 13.1. The number of halogens is 2. The first-order chi connectivity index (χ1) is 14.3. The maximum absolute atomic E-state index is 13.5. The molecular weight excluding hydrogens is 392 g/mol. The van der Waals surface area contributed by atoms with Gasteiger partial charge in [0.1, 0.15) is 17.2 Å². The summed E-state index contributed by atoms with van der Waals surface area (Å²) in [5, 5.41) is 0. The Kier molecular flexibility index (Phi) is 4.91. The fraction of sp³-hybridized carbons (Fsp3) is 0.136. The van der Waals surface area contributed by atoms with Crippen molar-refractivity contribution in [2.45, 2.75) is 13.0 Å². The number of aromatic nitrogens is 1. The first kappa shape index (κ1) is 19.5. The SMILES string of the molecule is NC(=O)c1c2c(cn(-c3ccc(F)cc3)c1=O)CN(C(=O)c1cccc(F)c1)CC2. The van der Waals surface area contributed by atoms with E-state index in [1.54, 1.807) is 0 Å². The summed E-state index contributed by atoms with van der Waals surface area (Å²) in [6.07, 6.45) is 1.79. The van der Waals surface area contributed by atoms with Crippen LogP contribution in [0.25, 0.3) is 5.69 Å². The third-order valence-electron chi connectivity index (χ3n) is 5.11. The van der Waals surface area contributed by atoms with Crippen LogP contribution in [0.3, 0.4) is 0 Å². The van der Waals surface area contributed by atoms with E-state index in [0.717, 1.165) is 6.07 Å². The Morgan fingerprint density at radius 3 is 2.40 bits per heavy atom. The Bertz CT molecular complexity index is 1220. The summed E-state index contributed by atoms with van der Waals surface area (Å²) < 4.78 is 28.0. The molecule has 0 saturated heterocycles. The molecule has 1 aliphatic rings. The van der Waals surface area contributed by atoms with Crippen LogP contribution in [0.1, 0.15) is 31.8 Å². The van der Waals surface area contributed by atoms with Crippen LogP contribution in [0.4, 0.5) is 8.78 Å². The zero-order valence-electron chi connectivity index (χ0n) is 15.8. The lowest BCUT2D eigenvalue weighted by Gasteiger charge is -2.30. The quantitative estimate of drug-likeness (QED) is 0.721. The number of primary amides is 1. The minimum Gasteiger partial charge on any atom is -0.365 e. The summed E-state index contributed by atoms with van der Waals surface area (Å²) in [6.45, 7) is 0.370. The van der Waals surface area contributed by atoms with Gasteiger partial charge in [-0.1, -0.05) is 6.07 Å². The van der Waals surface area contributed by atoms with Crippen molar-refractivity contribution < 1.29 is 18.4 Å². The van der Waals surface area contributed by atoms with Gasteiger partial charge in [-0.3, -0.25) is 19.0 Å². The van der Waals surface area contributed by atoms with Gasteiger partial charge in [-0.2, -0.15) is 0 Å². The van der Waals surface area contributed by atoms with Gasteiger partial charge in [0.2, 0.25) is 0 Å². The van der Waals surface area contributed by atoms with E-state index in [1.165, 1.54) is 58.1 Å². The van der Waals surface area contributed by atoms with Gasteiger partial charge < -0.3 is 10.6 Å². The molecule has 1 aliphatic heterocycles. The Hall–Kier alpha value is -3.81. The highest BCUT2D eigenvalue weighted by molar-refractivity contribution is 5.96. The largest absolute Gasteiger partial charge is 0.365 e. The molecule has 2 N–H and O–H groups in total. The Morgan fingerprint density at radius 2 is 1.73 bits per heavy atom. The number of carbonyl (C=O) groups is 2. The van der Waals surface area contributed by atoms with Crippen molar-refractivity contribution in [1.82, 2.24) is 9.47 Å². The molecular formula is C22H17F2N3O3. The highest BCUT2D eigenvalue weighted by Gasteiger charge is 2.28. The van der Waals surface area contributed by atoms with Gasteiger partial charge in [0, 0.05) is 30.5 Å². The number of hydrogen-bond acceptors (Lipinski definition) is 3. The molecule has 0 fully saturated rings. The van der Waals surface area contributed by atoms with Crippen LogP contribution in [-0.4, -0.2) is 27.8 Å². The average Bonchev–Trinajstić information content (AvgIpc) is 2.73. The van der Waals surface area contributed by atoms with Crippen LogP contribution in [0, 0.1) is 11.6 Å². The Morgan fingerprint density at radius 1 is 1.00 bits per heavy atom. The summed E-state index contributed by atoms with van der Waals surface area (Å²) in [4.78, 5) is 39.2. The fourth-order valence-electron chi connectivity index (χ4n) is 3.68. The van der Waals surface area contributed by atoms with Crippen LogP contribution < -0.4 is 11.3 Å². The molecule has 0 saturated carbocycles. The number of nitrogens with zero attached hydrogens (tertiary/aromatic N) is 2. The number of carbonyl (C=O) groups excluding carboxylic acids is 2. The first-order valence-corrected chi connectivity index (χ1v) is 9.23. The summed E-state index contributed by atoms with van der Waals surface area (Å²) in [5.41, 5.74) is 6.37. The molecule has 0 spiro atoms. The molecule has 2 aromatic carbocycles. The summed E-state index contributed by atoms with van der Waals surface area (Å²) in [5.74, 6) is -2.20. The second-order valence-electron chi connectivity index (χ2n) is 7.01. The van der Waals surface area contributed by atoms with Crippen LogP contribution in [0.5, 0.6) is 0 Å². The second kappa shape index (κ2) is 7.55. The van der Waals surface area contributed by atoms with E-state index < -0.39 is 23.1 Å². The average molecular weight is 409 g/mol. The monoisotopic (exact) mass is 409 g/mol. The van der Waals surface area contributed by atoms with Crippen molar-refractivity contribution in [3.05, 3.63) is 99.0 Å².